The minimum Gasteiger partial charge on any atom is -0.338 e. The fourth-order valence-corrected chi connectivity index (χ4v) is 2.28. The lowest BCUT2D eigenvalue weighted by Crippen LogP contribution is -2.40. The number of amides is 3. The Labute approximate surface area is 107 Å². The van der Waals surface area contributed by atoms with Crippen LogP contribution in [0.4, 0.5) is 4.79 Å². The molecule has 0 atom stereocenters. The average Bonchev–Trinajstić information content (AvgIpc) is 2.31. The van der Waals surface area contributed by atoms with Crippen LogP contribution in [0.5, 0.6) is 0 Å². The third-order valence-electron chi connectivity index (χ3n) is 3.35. The minimum atomic E-state index is -0.462. The first kappa shape index (κ1) is 14.3. The largest absolute Gasteiger partial charge is 0.338 e. The number of urea groups is 1. The zero-order chi connectivity index (χ0) is 12.7. The van der Waals surface area contributed by atoms with E-state index in [1.165, 1.54) is 25.7 Å². The van der Waals surface area contributed by atoms with Crippen molar-refractivity contribution in [1.29, 1.82) is 0 Å². The molecule has 5 heteroatoms. The van der Waals surface area contributed by atoms with Crippen LogP contribution in [0, 0.1) is 11.8 Å². The summed E-state index contributed by atoms with van der Waals surface area (Å²) in [5.74, 6) is 0.920. The molecule has 98 valence electrons. The van der Waals surface area contributed by atoms with Gasteiger partial charge in [-0.25, -0.2) is 4.79 Å². The summed E-state index contributed by atoms with van der Waals surface area (Å²) in [7, 11) is 0. The fraction of sp³-hybridized carbons (Fsp3) is 0.833. The summed E-state index contributed by atoms with van der Waals surface area (Å²) in [6.07, 6.45) is 6.09. The number of rotatable bonds is 4. The van der Waals surface area contributed by atoms with E-state index in [9.17, 15) is 9.59 Å². The van der Waals surface area contributed by atoms with Crippen molar-refractivity contribution in [3.63, 3.8) is 0 Å². The molecule has 0 aromatic heterocycles. The maximum absolute atomic E-state index is 11.2. The van der Waals surface area contributed by atoms with Gasteiger partial charge in [0.2, 0.25) is 5.91 Å². The molecule has 3 amide bonds. The smallest absolute Gasteiger partial charge is 0.321 e. The van der Waals surface area contributed by atoms with E-state index in [0.717, 1.165) is 18.3 Å². The molecule has 1 saturated carbocycles. The first-order valence-corrected chi connectivity index (χ1v) is 6.79. The second-order valence-corrected chi connectivity index (χ2v) is 5.12. The van der Waals surface area contributed by atoms with Gasteiger partial charge in [0.25, 0.3) is 0 Å². The van der Waals surface area contributed by atoms with Gasteiger partial charge in [-0.2, -0.15) is 0 Å². The highest BCUT2D eigenvalue weighted by atomic mass is 35.5. The molecule has 1 aliphatic carbocycles. The van der Waals surface area contributed by atoms with Crippen LogP contribution in [0.1, 0.15) is 39.0 Å². The van der Waals surface area contributed by atoms with Crippen molar-refractivity contribution in [2.24, 2.45) is 11.8 Å². The van der Waals surface area contributed by atoms with Crippen LogP contribution in [0.25, 0.3) is 0 Å². The molecule has 0 radical (unpaired) electrons. The Balaban J connectivity index is 2.07. The minimum absolute atomic E-state index is 0.187. The maximum Gasteiger partial charge on any atom is 0.321 e. The Morgan fingerprint density at radius 1 is 1.24 bits per heavy atom. The van der Waals surface area contributed by atoms with Crippen LogP contribution in [-0.4, -0.2) is 24.4 Å². The highest BCUT2D eigenvalue weighted by Crippen LogP contribution is 2.29. The Morgan fingerprint density at radius 2 is 1.88 bits per heavy atom. The molecular weight excluding hydrogens is 240 g/mol. The number of carbonyl (C=O) groups is 2. The maximum atomic E-state index is 11.2. The highest BCUT2D eigenvalue weighted by Gasteiger charge is 2.17. The molecule has 0 bridgehead atoms. The van der Waals surface area contributed by atoms with Crippen molar-refractivity contribution in [3.8, 4) is 0 Å². The number of hydrogen-bond donors (Lipinski definition) is 2. The van der Waals surface area contributed by atoms with Crippen molar-refractivity contribution in [2.45, 2.75) is 39.0 Å². The number of carbonyl (C=O) groups excluding carboxylic acids is 2. The van der Waals surface area contributed by atoms with Gasteiger partial charge in [-0.15, -0.1) is 11.6 Å². The monoisotopic (exact) mass is 260 g/mol. The molecular formula is C12H21ClN2O2. The zero-order valence-electron chi connectivity index (χ0n) is 10.3. The van der Waals surface area contributed by atoms with Crippen LogP contribution >= 0.6 is 11.6 Å². The van der Waals surface area contributed by atoms with E-state index in [2.05, 4.69) is 17.6 Å². The van der Waals surface area contributed by atoms with Crippen molar-refractivity contribution in [3.05, 3.63) is 0 Å². The molecule has 1 fully saturated rings. The molecule has 0 aliphatic heterocycles. The molecule has 17 heavy (non-hydrogen) atoms. The average molecular weight is 261 g/mol. The van der Waals surface area contributed by atoms with Gasteiger partial charge in [-0.05, 0) is 18.3 Å². The predicted octanol–water partition coefficient (Wildman–Crippen LogP) is 2.27. The second kappa shape index (κ2) is 7.54. The van der Waals surface area contributed by atoms with E-state index in [0.29, 0.717) is 6.54 Å². The topological polar surface area (TPSA) is 58.2 Å². The van der Waals surface area contributed by atoms with Crippen LogP contribution in [0.2, 0.25) is 0 Å². The standard InChI is InChI=1S/C12H21ClN2O2/c1-9-2-4-10(5-3-9)6-7-14-12(17)15-11(16)8-13/h9-10H,2-8H2,1H3,(H2,14,15,16,17). The lowest BCUT2D eigenvalue weighted by Gasteiger charge is -2.26. The van der Waals surface area contributed by atoms with E-state index in [1.807, 2.05) is 0 Å². The Kier molecular flexibility index (Phi) is 6.34. The third-order valence-corrected chi connectivity index (χ3v) is 3.59. The zero-order valence-corrected chi connectivity index (χ0v) is 11.1. The second-order valence-electron chi connectivity index (χ2n) is 4.85. The van der Waals surface area contributed by atoms with Crippen LogP contribution in [0.3, 0.4) is 0 Å². The normalized spacial score (nSPS) is 24.1. The van der Waals surface area contributed by atoms with Gasteiger partial charge in [0.1, 0.15) is 5.88 Å². The third kappa shape index (κ3) is 5.91. The SMILES string of the molecule is CC1CCC(CCNC(=O)NC(=O)CCl)CC1. The first-order chi connectivity index (χ1) is 8.11. The van der Waals surface area contributed by atoms with Gasteiger partial charge >= 0.3 is 6.03 Å². The summed E-state index contributed by atoms with van der Waals surface area (Å²) in [5, 5.41) is 4.83. The fourth-order valence-electron chi connectivity index (χ4n) is 2.21. The van der Waals surface area contributed by atoms with E-state index >= 15 is 0 Å². The van der Waals surface area contributed by atoms with Crippen LogP contribution in [-0.2, 0) is 4.79 Å². The van der Waals surface area contributed by atoms with Gasteiger partial charge in [0.15, 0.2) is 0 Å². The molecule has 0 heterocycles. The molecule has 1 aliphatic rings. The van der Waals surface area contributed by atoms with Gasteiger partial charge in [-0.1, -0.05) is 32.6 Å². The summed E-state index contributed by atoms with van der Waals surface area (Å²) in [6.45, 7) is 2.92. The quantitative estimate of drug-likeness (QED) is 0.762. The van der Waals surface area contributed by atoms with E-state index in [-0.39, 0.29) is 5.88 Å². The number of hydrogen-bond acceptors (Lipinski definition) is 2. The first-order valence-electron chi connectivity index (χ1n) is 6.25. The Hall–Kier alpha value is -0.770. The predicted molar refractivity (Wildman–Crippen MR) is 68.0 cm³/mol. The molecule has 0 unspecified atom stereocenters. The Morgan fingerprint density at radius 3 is 2.47 bits per heavy atom. The van der Waals surface area contributed by atoms with E-state index in [4.69, 9.17) is 11.6 Å². The van der Waals surface area contributed by atoms with Crippen LogP contribution < -0.4 is 10.6 Å². The molecule has 0 spiro atoms. The summed E-state index contributed by atoms with van der Waals surface area (Å²) < 4.78 is 0. The van der Waals surface area contributed by atoms with Crippen molar-refractivity contribution in [1.82, 2.24) is 10.6 Å². The number of alkyl halides is 1. The molecule has 2 N–H and O–H groups in total. The summed E-state index contributed by atoms with van der Waals surface area (Å²) in [6, 6.07) is -0.445. The van der Waals surface area contributed by atoms with Gasteiger partial charge in [-0.3, -0.25) is 10.1 Å². The summed E-state index contributed by atoms with van der Waals surface area (Å²) in [5.41, 5.74) is 0. The van der Waals surface area contributed by atoms with Crippen molar-refractivity contribution < 1.29 is 9.59 Å². The molecule has 1 rings (SSSR count). The lowest BCUT2D eigenvalue weighted by atomic mass is 9.81. The van der Waals surface area contributed by atoms with Crippen molar-refractivity contribution >= 4 is 23.5 Å². The lowest BCUT2D eigenvalue weighted by molar-refractivity contribution is -0.117. The number of imide groups is 1. The summed E-state index contributed by atoms with van der Waals surface area (Å²) in [4.78, 5) is 22.0. The van der Waals surface area contributed by atoms with Gasteiger partial charge < -0.3 is 5.32 Å². The van der Waals surface area contributed by atoms with Gasteiger partial charge in [0, 0.05) is 6.54 Å². The molecule has 4 nitrogen and oxygen atoms in total. The number of nitrogens with one attached hydrogen (secondary N) is 2. The highest BCUT2D eigenvalue weighted by molar-refractivity contribution is 6.28. The number of halogens is 1. The van der Waals surface area contributed by atoms with E-state index < -0.39 is 11.9 Å². The summed E-state index contributed by atoms with van der Waals surface area (Å²) >= 11 is 5.27. The molecule has 0 aromatic rings. The molecule has 0 saturated heterocycles. The Bertz CT molecular complexity index is 263. The molecule has 0 aromatic carbocycles. The van der Waals surface area contributed by atoms with Gasteiger partial charge in [0.05, 0.1) is 0 Å². The van der Waals surface area contributed by atoms with Crippen molar-refractivity contribution in [2.75, 3.05) is 12.4 Å². The van der Waals surface area contributed by atoms with Crippen LogP contribution in [0.15, 0.2) is 0 Å². The van der Waals surface area contributed by atoms with E-state index in [1.54, 1.807) is 0 Å².